The third-order valence-corrected chi connectivity index (χ3v) is 1.65. The van der Waals surface area contributed by atoms with Crippen molar-refractivity contribution in [3.63, 3.8) is 0 Å². The molecule has 0 aliphatic rings. The molecule has 70 valence electrons. The van der Waals surface area contributed by atoms with Crippen LogP contribution in [0.1, 0.15) is 12.8 Å². The molecule has 0 amide bonds. The number of aliphatic hydroxyl groups is 2. The summed E-state index contributed by atoms with van der Waals surface area (Å²) in [6.45, 7) is 0.395. The van der Waals surface area contributed by atoms with E-state index < -0.39 is 0 Å². The van der Waals surface area contributed by atoms with E-state index >= 15 is 0 Å². The Kier molecular flexibility index (Phi) is 18.3. The molecule has 0 radical (unpaired) electrons. The van der Waals surface area contributed by atoms with E-state index in [1.165, 1.54) is 0 Å². The molecule has 4 nitrogen and oxygen atoms in total. The first-order valence-electron chi connectivity index (χ1n) is 3.60. The first-order valence-corrected chi connectivity index (χ1v) is 3.60. The van der Waals surface area contributed by atoms with Crippen LogP contribution in [0.3, 0.4) is 0 Å². The molecule has 0 atom stereocenters. The molecule has 0 aromatic heterocycles. The van der Waals surface area contributed by atoms with Gasteiger partial charge in [-0.15, -0.1) is 0 Å². The van der Waals surface area contributed by atoms with Crippen LogP contribution in [0.25, 0.3) is 0 Å². The van der Waals surface area contributed by atoms with Gasteiger partial charge < -0.3 is 20.6 Å². The predicted octanol–water partition coefficient (Wildman–Crippen LogP) is -3.49. The van der Waals surface area contributed by atoms with Crippen molar-refractivity contribution in [3.8, 4) is 0 Å². The summed E-state index contributed by atoms with van der Waals surface area (Å²) >= 11 is 0. The standard InChI is InChI=1S/C7H17NO2.Na.H2O/c1-8(2)7(3-5-9)4-6-10;;/h7,9-10H,3-6H2,1-2H3;;1H2/q;+1;/p-1. The average molecular weight is 187 g/mol. The van der Waals surface area contributed by atoms with Gasteiger partial charge in [-0.1, -0.05) is 0 Å². The minimum atomic E-state index is 0. The molecule has 0 unspecified atom stereocenters. The van der Waals surface area contributed by atoms with Crippen molar-refractivity contribution in [2.75, 3.05) is 27.3 Å². The van der Waals surface area contributed by atoms with Gasteiger partial charge in [-0.25, -0.2) is 0 Å². The maximum absolute atomic E-state index is 8.60. The van der Waals surface area contributed by atoms with Gasteiger partial charge in [0.25, 0.3) is 0 Å². The quantitative estimate of drug-likeness (QED) is 0.438. The Balaban J connectivity index is -0.000000405. The molecule has 0 aliphatic carbocycles. The van der Waals surface area contributed by atoms with E-state index in [-0.39, 0.29) is 48.2 Å². The van der Waals surface area contributed by atoms with Gasteiger partial charge >= 0.3 is 29.6 Å². The second-order valence-corrected chi connectivity index (χ2v) is 2.64. The fourth-order valence-corrected chi connectivity index (χ4v) is 0.959. The van der Waals surface area contributed by atoms with Gasteiger partial charge in [0.1, 0.15) is 0 Å². The van der Waals surface area contributed by atoms with E-state index in [4.69, 9.17) is 10.2 Å². The van der Waals surface area contributed by atoms with Crippen LogP contribution in [0.15, 0.2) is 0 Å². The summed E-state index contributed by atoms with van der Waals surface area (Å²) in [4.78, 5) is 2.02. The van der Waals surface area contributed by atoms with Crippen LogP contribution in [0.4, 0.5) is 0 Å². The largest absolute Gasteiger partial charge is 1.00 e. The van der Waals surface area contributed by atoms with E-state index in [9.17, 15) is 0 Å². The van der Waals surface area contributed by atoms with E-state index in [1.54, 1.807) is 0 Å². The van der Waals surface area contributed by atoms with Crippen LogP contribution >= 0.6 is 0 Å². The zero-order chi connectivity index (χ0) is 7.98. The first-order chi connectivity index (χ1) is 4.72. The third-order valence-electron chi connectivity index (χ3n) is 1.65. The molecular formula is C7H18NNaO3. The van der Waals surface area contributed by atoms with Gasteiger partial charge in [0.2, 0.25) is 0 Å². The molecular weight excluding hydrogens is 169 g/mol. The van der Waals surface area contributed by atoms with Gasteiger partial charge in [-0.3, -0.25) is 0 Å². The van der Waals surface area contributed by atoms with Gasteiger partial charge in [0.05, 0.1) is 0 Å². The molecule has 3 N–H and O–H groups in total. The van der Waals surface area contributed by atoms with Crippen LogP contribution in [0.2, 0.25) is 0 Å². The molecule has 0 bridgehead atoms. The molecule has 0 aromatic carbocycles. The molecule has 0 fully saturated rings. The monoisotopic (exact) mass is 187 g/mol. The van der Waals surface area contributed by atoms with Crippen molar-refractivity contribution in [1.29, 1.82) is 0 Å². The molecule has 0 heterocycles. The van der Waals surface area contributed by atoms with Gasteiger partial charge in [0.15, 0.2) is 0 Å². The zero-order valence-corrected chi connectivity index (χ0v) is 10.2. The minimum Gasteiger partial charge on any atom is -0.870 e. The Labute approximate surface area is 96.2 Å². The molecule has 0 aromatic rings. The number of nitrogens with zero attached hydrogens (tertiary/aromatic N) is 1. The Morgan fingerprint density at radius 1 is 1.08 bits per heavy atom. The second-order valence-electron chi connectivity index (χ2n) is 2.64. The number of hydrogen-bond donors (Lipinski definition) is 2. The molecule has 0 saturated carbocycles. The summed E-state index contributed by atoms with van der Waals surface area (Å²) in [5.74, 6) is 0. The topological polar surface area (TPSA) is 73.7 Å². The van der Waals surface area contributed by atoms with Crippen LogP contribution in [0, 0.1) is 0 Å². The van der Waals surface area contributed by atoms with Crippen LogP contribution < -0.4 is 29.6 Å². The van der Waals surface area contributed by atoms with E-state index in [1.807, 2.05) is 19.0 Å². The molecule has 0 saturated heterocycles. The summed E-state index contributed by atoms with van der Waals surface area (Å²) in [7, 11) is 3.91. The minimum absolute atomic E-state index is 0. The van der Waals surface area contributed by atoms with Crippen LogP contribution in [-0.4, -0.2) is 53.9 Å². The Morgan fingerprint density at radius 2 is 1.42 bits per heavy atom. The summed E-state index contributed by atoms with van der Waals surface area (Å²) in [5.41, 5.74) is 0. The fourth-order valence-electron chi connectivity index (χ4n) is 0.959. The Bertz CT molecular complexity index is 77.1. The summed E-state index contributed by atoms with van der Waals surface area (Å²) < 4.78 is 0. The van der Waals surface area contributed by atoms with E-state index in [0.29, 0.717) is 6.04 Å². The van der Waals surface area contributed by atoms with Crippen molar-refractivity contribution >= 4 is 0 Å². The molecule has 0 aliphatic heterocycles. The van der Waals surface area contributed by atoms with Crippen molar-refractivity contribution in [3.05, 3.63) is 0 Å². The van der Waals surface area contributed by atoms with Crippen LogP contribution in [0.5, 0.6) is 0 Å². The van der Waals surface area contributed by atoms with E-state index in [2.05, 4.69) is 0 Å². The van der Waals surface area contributed by atoms with Crippen molar-refractivity contribution in [2.45, 2.75) is 18.9 Å². The van der Waals surface area contributed by atoms with Crippen molar-refractivity contribution in [1.82, 2.24) is 4.90 Å². The second kappa shape index (κ2) is 11.8. The van der Waals surface area contributed by atoms with Gasteiger partial charge in [-0.05, 0) is 26.9 Å². The third kappa shape index (κ3) is 8.93. The van der Waals surface area contributed by atoms with Gasteiger partial charge in [0, 0.05) is 19.3 Å². The smallest absolute Gasteiger partial charge is 0.870 e. The predicted molar refractivity (Wildman–Crippen MR) is 42.8 cm³/mol. The van der Waals surface area contributed by atoms with Crippen LogP contribution in [-0.2, 0) is 0 Å². The fraction of sp³-hybridized carbons (Fsp3) is 1.00. The number of aliphatic hydroxyl groups excluding tert-OH is 2. The summed E-state index contributed by atoms with van der Waals surface area (Å²) in [5, 5.41) is 17.2. The van der Waals surface area contributed by atoms with Gasteiger partial charge in [-0.2, -0.15) is 0 Å². The summed E-state index contributed by atoms with van der Waals surface area (Å²) in [6.07, 6.45) is 1.49. The Hall–Kier alpha value is 0.840. The number of rotatable bonds is 5. The van der Waals surface area contributed by atoms with Crippen molar-refractivity contribution in [2.24, 2.45) is 0 Å². The Morgan fingerprint density at radius 3 is 1.58 bits per heavy atom. The molecule has 0 rings (SSSR count). The maximum Gasteiger partial charge on any atom is 1.00 e. The first kappa shape index (κ1) is 18.6. The summed E-state index contributed by atoms with van der Waals surface area (Å²) in [6, 6.07) is 0.315. The average Bonchev–Trinajstić information content (AvgIpc) is 1.87. The van der Waals surface area contributed by atoms with Crippen molar-refractivity contribution < 1.29 is 45.2 Å². The van der Waals surface area contributed by atoms with E-state index in [0.717, 1.165) is 12.8 Å². The maximum atomic E-state index is 8.60. The zero-order valence-electron chi connectivity index (χ0n) is 8.19. The normalized spacial score (nSPS) is 9.50. The SMILES string of the molecule is CN(C)C(CCO)CCO.[Na+].[OH-]. The molecule has 12 heavy (non-hydrogen) atoms. The number of hydrogen-bond acceptors (Lipinski definition) is 4. The molecule has 0 spiro atoms. The molecule has 5 heteroatoms.